The molecule has 0 bridgehead atoms. The van der Waals surface area contributed by atoms with Crippen LogP contribution in [0.3, 0.4) is 0 Å². The van der Waals surface area contributed by atoms with Crippen molar-refractivity contribution in [1.82, 2.24) is 5.32 Å². The Morgan fingerprint density at radius 3 is 2.88 bits per heavy atom. The highest BCUT2D eigenvalue weighted by molar-refractivity contribution is 6.31. The average Bonchev–Trinajstić information content (AvgIpc) is 2.34. The van der Waals surface area contributed by atoms with Crippen LogP contribution in [0.15, 0.2) is 36.4 Å². The number of fused-ring (bicyclic) bond motifs is 1. The van der Waals surface area contributed by atoms with E-state index in [0.717, 1.165) is 10.8 Å². The predicted octanol–water partition coefficient (Wildman–Crippen LogP) is 2.42. The SMILES string of the molecule is O=CCNC(=O)c1cccc2cc(Cl)ccc12. The first kappa shape index (κ1) is 11.6. The van der Waals surface area contributed by atoms with Gasteiger partial charge in [0.1, 0.15) is 6.29 Å². The number of amides is 1. The van der Waals surface area contributed by atoms with Crippen molar-refractivity contribution in [3.05, 3.63) is 47.0 Å². The van der Waals surface area contributed by atoms with Crippen LogP contribution in [0.5, 0.6) is 0 Å². The van der Waals surface area contributed by atoms with Gasteiger partial charge in [-0.1, -0.05) is 29.8 Å². The van der Waals surface area contributed by atoms with E-state index < -0.39 is 0 Å². The lowest BCUT2D eigenvalue weighted by Gasteiger charge is -2.06. The minimum absolute atomic E-state index is 0.0167. The lowest BCUT2D eigenvalue weighted by molar-refractivity contribution is -0.107. The minimum Gasteiger partial charge on any atom is -0.345 e. The molecule has 0 atom stereocenters. The highest BCUT2D eigenvalue weighted by atomic mass is 35.5. The maximum atomic E-state index is 11.8. The minimum atomic E-state index is -0.259. The molecule has 0 heterocycles. The van der Waals surface area contributed by atoms with Crippen molar-refractivity contribution in [2.45, 2.75) is 0 Å². The summed E-state index contributed by atoms with van der Waals surface area (Å²) in [5, 5.41) is 4.86. The van der Waals surface area contributed by atoms with E-state index in [2.05, 4.69) is 5.32 Å². The van der Waals surface area contributed by atoms with Crippen LogP contribution in [-0.4, -0.2) is 18.7 Å². The van der Waals surface area contributed by atoms with Gasteiger partial charge in [-0.3, -0.25) is 4.79 Å². The van der Waals surface area contributed by atoms with Gasteiger partial charge in [-0.05, 0) is 29.0 Å². The molecule has 0 aliphatic carbocycles. The molecule has 0 unspecified atom stereocenters. The monoisotopic (exact) mass is 247 g/mol. The Morgan fingerprint density at radius 1 is 1.29 bits per heavy atom. The molecule has 1 N–H and O–H groups in total. The molecule has 0 aliphatic rings. The van der Waals surface area contributed by atoms with Crippen LogP contribution < -0.4 is 5.32 Å². The average molecular weight is 248 g/mol. The molecular formula is C13H10ClNO2. The molecule has 0 radical (unpaired) electrons. The summed E-state index contributed by atoms with van der Waals surface area (Å²) in [6, 6.07) is 10.7. The third-order valence-electron chi connectivity index (χ3n) is 2.43. The fraction of sp³-hybridized carbons (Fsp3) is 0.0769. The van der Waals surface area contributed by atoms with Crippen LogP contribution in [0.1, 0.15) is 10.4 Å². The molecule has 2 aromatic carbocycles. The van der Waals surface area contributed by atoms with Gasteiger partial charge in [-0.2, -0.15) is 0 Å². The molecule has 0 saturated heterocycles. The van der Waals surface area contributed by atoms with Crippen LogP contribution in [0.25, 0.3) is 10.8 Å². The van der Waals surface area contributed by atoms with Crippen molar-refractivity contribution in [3.63, 3.8) is 0 Å². The lowest BCUT2D eigenvalue weighted by Crippen LogP contribution is -2.25. The number of hydrogen-bond donors (Lipinski definition) is 1. The molecule has 2 aromatic rings. The molecule has 2 rings (SSSR count). The van der Waals surface area contributed by atoms with E-state index in [0.29, 0.717) is 16.9 Å². The number of halogens is 1. The molecule has 86 valence electrons. The fourth-order valence-electron chi connectivity index (χ4n) is 1.68. The molecule has 0 fully saturated rings. The summed E-state index contributed by atoms with van der Waals surface area (Å²) >= 11 is 5.89. The smallest absolute Gasteiger partial charge is 0.252 e. The highest BCUT2D eigenvalue weighted by Gasteiger charge is 2.08. The van der Waals surface area contributed by atoms with Crippen molar-refractivity contribution in [2.75, 3.05) is 6.54 Å². The number of hydrogen-bond acceptors (Lipinski definition) is 2. The molecule has 17 heavy (non-hydrogen) atoms. The Labute approximate surface area is 103 Å². The van der Waals surface area contributed by atoms with E-state index >= 15 is 0 Å². The molecule has 0 aliphatic heterocycles. The number of carbonyl (C=O) groups excluding carboxylic acids is 2. The molecule has 0 aromatic heterocycles. The van der Waals surface area contributed by atoms with Gasteiger partial charge in [0.25, 0.3) is 5.91 Å². The largest absolute Gasteiger partial charge is 0.345 e. The van der Waals surface area contributed by atoms with E-state index in [-0.39, 0.29) is 12.5 Å². The predicted molar refractivity (Wildman–Crippen MR) is 67.4 cm³/mol. The second kappa shape index (κ2) is 4.97. The summed E-state index contributed by atoms with van der Waals surface area (Å²) in [4.78, 5) is 22.0. The van der Waals surface area contributed by atoms with Gasteiger partial charge < -0.3 is 10.1 Å². The van der Waals surface area contributed by atoms with Crippen LogP contribution >= 0.6 is 11.6 Å². The van der Waals surface area contributed by atoms with Crippen molar-refractivity contribution < 1.29 is 9.59 Å². The Kier molecular flexibility index (Phi) is 3.40. The van der Waals surface area contributed by atoms with Gasteiger partial charge in [0.15, 0.2) is 0 Å². The quantitative estimate of drug-likeness (QED) is 0.847. The first-order chi connectivity index (χ1) is 8.22. The summed E-state index contributed by atoms with van der Waals surface area (Å²) in [7, 11) is 0. The Morgan fingerprint density at radius 2 is 2.12 bits per heavy atom. The summed E-state index contributed by atoms with van der Waals surface area (Å²) in [5.41, 5.74) is 0.543. The maximum Gasteiger partial charge on any atom is 0.252 e. The third-order valence-corrected chi connectivity index (χ3v) is 2.67. The van der Waals surface area contributed by atoms with Crippen molar-refractivity contribution in [3.8, 4) is 0 Å². The molecule has 4 heteroatoms. The van der Waals surface area contributed by atoms with Crippen molar-refractivity contribution in [1.29, 1.82) is 0 Å². The highest BCUT2D eigenvalue weighted by Crippen LogP contribution is 2.22. The van der Waals surface area contributed by atoms with Crippen LogP contribution in [0, 0.1) is 0 Å². The maximum absolute atomic E-state index is 11.8. The van der Waals surface area contributed by atoms with E-state index in [4.69, 9.17) is 11.6 Å². The normalized spacial score (nSPS) is 10.2. The van der Waals surface area contributed by atoms with Crippen LogP contribution in [0.2, 0.25) is 5.02 Å². The van der Waals surface area contributed by atoms with Gasteiger partial charge in [0, 0.05) is 10.6 Å². The number of aldehydes is 1. The van der Waals surface area contributed by atoms with Crippen molar-refractivity contribution in [2.24, 2.45) is 0 Å². The van der Waals surface area contributed by atoms with E-state index in [9.17, 15) is 9.59 Å². The third kappa shape index (κ3) is 2.45. The van der Waals surface area contributed by atoms with E-state index in [1.54, 1.807) is 30.3 Å². The van der Waals surface area contributed by atoms with Gasteiger partial charge in [0.2, 0.25) is 0 Å². The molecule has 0 saturated carbocycles. The molecule has 3 nitrogen and oxygen atoms in total. The number of benzene rings is 2. The zero-order valence-electron chi connectivity index (χ0n) is 8.94. The van der Waals surface area contributed by atoms with E-state index in [1.807, 2.05) is 6.07 Å². The summed E-state index contributed by atoms with van der Waals surface area (Å²) in [5.74, 6) is -0.259. The fourth-order valence-corrected chi connectivity index (χ4v) is 1.86. The first-order valence-corrected chi connectivity index (χ1v) is 5.50. The van der Waals surface area contributed by atoms with Gasteiger partial charge in [-0.25, -0.2) is 0 Å². The number of carbonyl (C=O) groups is 2. The zero-order chi connectivity index (χ0) is 12.3. The number of rotatable bonds is 3. The van der Waals surface area contributed by atoms with E-state index in [1.165, 1.54) is 0 Å². The van der Waals surface area contributed by atoms with Crippen LogP contribution in [0.4, 0.5) is 0 Å². The first-order valence-electron chi connectivity index (χ1n) is 5.12. The standard InChI is InChI=1S/C13H10ClNO2/c14-10-4-5-11-9(8-10)2-1-3-12(11)13(17)15-6-7-16/h1-5,7-8H,6H2,(H,15,17). The summed E-state index contributed by atoms with van der Waals surface area (Å²) < 4.78 is 0. The summed E-state index contributed by atoms with van der Waals surface area (Å²) in [6.45, 7) is 0.0167. The molecule has 0 spiro atoms. The van der Waals surface area contributed by atoms with Gasteiger partial charge >= 0.3 is 0 Å². The number of nitrogens with one attached hydrogen (secondary N) is 1. The molecule has 1 amide bonds. The second-order valence-electron chi connectivity index (χ2n) is 3.55. The Bertz CT molecular complexity index is 581. The summed E-state index contributed by atoms with van der Waals surface area (Å²) in [6.07, 6.45) is 0.653. The zero-order valence-corrected chi connectivity index (χ0v) is 9.70. The van der Waals surface area contributed by atoms with Crippen molar-refractivity contribution >= 4 is 34.6 Å². The second-order valence-corrected chi connectivity index (χ2v) is 3.98. The lowest BCUT2D eigenvalue weighted by atomic mass is 10.0. The Hall–Kier alpha value is -1.87. The van der Waals surface area contributed by atoms with Gasteiger partial charge in [0.05, 0.1) is 6.54 Å². The van der Waals surface area contributed by atoms with Gasteiger partial charge in [-0.15, -0.1) is 0 Å². The van der Waals surface area contributed by atoms with Crippen LogP contribution in [-0.2, 0) is 4.79 Å². The molecular weight excluding hydrogens is 238 g/mol. The topological polar surface area (TPSA) is 46.2 Å². The Balaban J connectivity index is 2.47.